The summed E-state index contributed by atoms with van der Waals surface area (Å²) in [6, 6.07) is 11.0. The van der Waals surface area contributed by atoms with Crippen LogP contribution in [0.2, 0.25) is 0 Å². The van der Waals surface area contributed by atoms with Crippen LogP contribution in [0.1, 0.15) is 10.5 Å². The maximum atomic E-state index is 11.0. The third-order valence-electron chi connectivity index (χ3n) is 2.79. The van der Waals surface area contributed by atoms with Gasteiger partial charge < -0.3 is 9.84 Å². The molecule has 0 unspecified atom stereocenters. The van der Waals surface area contributed by atoms with E-state index in [0.717, 1.165) is 11.1 Å². The van der Waals surface area contributed by atoms with E-state index in [4.69, 9.17) is 9.84 Å². The number of hydrogen-bond donors (Lipinski definition) is 2. The highest BCUT2D eigenvalue weighted by molar-refractivity contribution is 5.87. The van der Waals surface area contributed by atoms with E-state index >= 15 is 0 Å². The lowest BCUT2D eigenvalue weighted by molar-refractivity contribution is 0.0687. The topological polar surface area (TPSA) is 101 Å². The number of carboxylic acid groups (broad SMARTS) is 1. The van der Waals surface area contributed by atoms with Gasteiger partial charge in [-0.05, 0) is 35.4 Å². The quantitative estimate of drug-likeness (QED) is 0.761. The number of aromatic nitrogens is 4. The molecule has 0 radical (unpaired) electrons. The predicted octanol–water partition coefficient (Wildman–Crippen LogP) is 2.36. The van der Waals surface area contributed by atoms with Gasteiger partial charge in [0, 0.05) is 12.4 Å². The summed E-state index contributed by atoms with van der Waals surface area (Å²) in [7, 11) is 0. The van der Waals surface area contributed by atoms with E-state index in [2.05, 4.69) is 20.4 Å². The zero-order valence-corrected chi connectivity index (χ0v) is 10.7. The summed E-state index contributed by atoms with van der Waals surface area (Å²) in [5.41, 5.74) is 1.65. The van der Waals surface area contributed by atoms with Crippen LogP contribution in [0.4, 0.5) is 0 Å². The smallest absolute Gasteiger partial charge is 0.362 e. The Kier molecular flexibility index (Phi) is 3.30. The molecule has 0 spiro atoms. The number of ether oxygens (including phenoxy) is 1. The van der Waals surface area contributed by atoms with Crippen molar-refractivity contribution in [3.63, 3.8) is 0 Å². The molecule has 3 rings (SSSR count). The van der Waals surface area contributed by atoms with Gasteiger partial charge in [0.15, 0.2) is 0 Å². The van der Waals surface area contributed by atoms with Crippen LogP contribution in [0.25, 0.3) is 11.1 Å². The molecule has 1 aromatic carbocycles. The highest BCUT2D eigenvalue weighted by atomic mass is 16.5. The summed E-state index contributed by atoms with van der Waals surface area (Å²) in [6.45, 7) is 0. The van der Waals surface area contributed by atoms with Crippen molar-refractivity contribution in [2.45, 2.75) is 0 Å². The first-order valence-electron chi connectivity index (χ1n) is 6.06. The lowest BCUT2D eigenvalue weighted by Crippen LogP contribution is -1.99. The molecule has 104 valence electrons. The number of hydrogen-bond acceptors (Lipinski definition) is 5. The van der Waals surface area contributed by atoms with Crippen LogP contribution in [0.15, 0.2) is 48.8 Å². The second kappa shape index (κ2) is 5.41. The van der Waals surface area contributed by atoms with E-state index in [0.29, 0.717) is 5.75 Å². The summed E-state index contributed by atoms with van der Waals surface area (Å²) in [4.78, 5) is 14.9. The van der Waals surface area contributed by atoms with Gasteiger partial charge in [-0.1, -0.05) is 17.3 Å². The van der Waals surface area contributed by atoms with Crippen molar-refractivity contribution in [2.75, 3.05) is 0 Å². The third-order valence-corrected chi connectivity index (χ3v) is 2.79. The number of nitrogens with one attached hydrogen (secondary N) is 1. The lowest BCUT2D eigenvalue weighted by atomic mass is 10.1. The summed E-state index contributed by atoms with van der Waals surface area (Å²) in [5.74, 6) is -0.726. The second-order valence-electron chi connectivity index (χ2n) is 4.16. The average molecular weight is 282 g/mol. The third kappa shape index (κ3) is 2.71. The van der Waals surface area contributed by atoms with Gasteiger partial charge in [-0.25, -0.2) is 9.89 Å². The van der Waals surface area contributed by atoms with Crippen LogP contribution in [0.5, 0.6) is 11.6 Å². The standard InChI is InChI=1S/C14H10N4O3/c19-14(20)12-13(17-18-16-12)21-11-3-1-2-10(8-11)9-4-6-15-7-5-9/h1-8H,(H,19,20)(H,16,17,18). The number of pyridine rings is 1. The molecule has 0 aliphatic heterocycles. The lowest BCUT2D eigenvalue weighted by Gasteiger charge is -2.06. The maximum Gasteiger partial charge on any atom is 0.362 e. The number of nitrogens with zero attached hydrogens (tertiary/aromatic N) is 3. The van der Waals surface area contributed by atoms with Crippen LogP contribution in [-0.2, 0) is 0 Å². The molecule has 0 fully saturated rings. The zero-order valence-electron chi connectivity index (χ0n) is 10.7. The number of H-pyrrole nitrogens is 1. The van der Waals surface area contributed by atoms with E-state index < -0.39 is 5.97 Å². The Bertz CT molecular complexity index is 771. The first-order chi connectivity index (χ1) is 10.2. The molecule has 21 heavy (non-hydrogen) atoms. The minimum absolute atomic E-state index is 0.00521. The van der Waals surface area contributed by atoms with Crippen molar-refractivity contribution in [1.29, 1.82) is 0 Å². The molecule has 0 bridgehead atoms. The molecule has 0 saturated carbocycles. The SMILES string of the molecule is O=C(O)c1nn[nH]c1Oc1cccc(-c2ccncc2)c1. The number of carbonyl (C=O) groups is 1. The largest absolute Gasteiger partial charge is 0.476 e. The Balaban J connectivity index is 1.90. The molecule has 0 saturated heterocycles. The molecule has 7 heteroatoms. The van der Waals surface area contributed by atoms with E-state index in [1.807, 2.05) is 24.3 Å². The van der Waals surface area contributed by atoms with Gasteiger partial charge in [-0.15, -0.1) is 5.10 Å². The molecule has 2 aromatic heterocycles. The summed E-state index contributed by atoms with van der Waals surface area (Å²) in [5, 5.41) is 18.3. The van der Waals surface area contributed by atoms with Gasteiger partial charge in [0.05, 0.1) is 0 Å². The normalized spacial score (nSPS) is 10.3. The van der Waals surface area contributed by atoms with Gasteiger partial charge in [-0.2, -0.15) is 0 Å². The number of rotatable bonds is 4. The van der Waals surface area contributed by atoms with Gasteiger partial charge in [0.25, 0.3) is 5.88 Å². The van der Waals surface area contributed by atoms with Crippen molar-refractivity contribution in [3.05, 3.63) is 54.5 Å². The van der Waals surface area contributed by atoms with Gasteiger partial charge in [0.1, 0.15) is 5.75 Å². The summed E-state index contributed by atoms with van der Waals surface area (Å²) in [6.07, 6.45) is 3.40. The molecule has 0 atom stereocenters. The van der Waals surface area contributed by atoms with Gasteiger partial charge >= 0.3 is 5.97 Å². The van der Waals surface area contributed by atoms with Crippen molar-refractivity contribution in [3.8, 4) is 22.8 Å². The van der Waals surface area contributed by atoms with E-state index in [-0.39, 0.29) is 11.6 Å². The highest BCUT2D eigenvalue weighted by Gasteiger charge is 2.16. The monoisotopic (exact) mass is 282 g/mol. The molecule has 0 aliphatic carbocycles. The molecular weight excluding hydrogens is 272 g/mol. The van der Waals surface area contributed by atoms with Crippen LogP contribution in [0.3, 0.4) is 0 Å². The molecular formula is C14H10N4O3. The van der Waals surface area contributed by atoms with Gasteiger partial charge in [-0.3, -0.25) is 4.98 Å². The second-order valence-corrected chi connectivity index (χ2v) is 4.16. The first-order valence-corrected chi connectivity index (χ1v) is 6.06. The van der Waals surface area contributed by atoms with Crippen molar-refractivity contribution < 1.29 is 14.6 Å². The van der Waals surface area contributed by atoms with Crippen LogP contribution in [0, 0.1) is 0 Å². The highest BCUT2D eigenvalue weighted by Crippen LogP contribution is 2.27. The number of benzene rings is 1. The molecule has 2 heterocycles. The fraction of sp³-hybridized carbons (Fsp3) is 0. The van der Waals surface area contributed by atoms with E-state index in [1.54, 1.807) is 24.5 Å². The van der Waals surface area contributed by atoms with E-state index in [9.17, 15) is 4.79 Å². The minimum atomic E-state index is -1.20. The molecule has 2 N–H and O–H groups in total. The van der Waals surface area contributed by atoms with Crippen LogP contribution >= 0.6 is 0 Å². The van der Waals surface area contributed by atoms with Crippen molar-refractivity contribution in [1.82, 2.24) is 20.4 Å². The Morgan fingerprint density at radius 2 is 1.95 bits per heavy atom. The summed E-state index contributed by atoms with van der Waals surface area (Å²) < 4.78 is 5.50. The first kappa shape index (κ1) is 12.8. The Morgan fingerprint density at radius 1 is 1.14 bits per heavy atom. The minimum Gasteiger partial charge on any atom is -0.476 e. The Morgan fingerprint density at radius 3 is 2.71 bits per heavy atom. The predicted molar refractivity (Wildman–Crippen MR) is 73.1 cm³/mol. The van der Waals surface area contributed by atoms with Crippen LogP contribution < -0.4 is 4.74 Å². The molecule has 0 aliphatic rings. The van der Waals surface area contributed by atoms with Crippen molar-refractivity contribution in [2.24, 2.45) is 0 Å². The Labute approximate surface area is 119 Å². The van der Waals surface area contributed by atoms with Crippen LogP contribution in [-0.4, -0.2) is 31.5 Å². The van der Waals surface area contributed by atoms with Crippen molar-refractivity contribution >= 4 is 5.97 Å². The van der Waals surface area contributed by atoms with Gasteiger partial charge in [0.2, 0.25) is 5.69 Å². The molecule has 0 amide bonds. The fourth-order valence-electron chi connectivity index (χ4n) is 1.83. The molecule has 7 nitrogen and oxygen atoms in total. The van der Waals surface area contributed by atoms with E-state index in [1.165, 1.54) is 0 Å². The number of aromatic amines is 1. The zero-order chi connectivity index (χ0) is 14.7. The number of carboxylic acids is 1. The average Bonchev–Trinajstić information content (AvgIpc) is 2.97. The summed E-state index contributed by atoms with van der Waals surface area (Å²) >= 11 is 0. The Hall–Kier alpha value is -3.22. The fourth-order valence-corrected chi connectivity index (χ4v) is 1.83. The maximum absolute atomic E-state index is 11.0. The molecule has 3 aromatic rings. The number of aromatic carboxylic acids is 1.